The monoisotopic (exact) mass is 279 g/mol. The van der Waals surface area contributed by atoms with Crippen molar-refractivity contribution in [1.82, 2.24) is 5.32 Å². The third-order valence-electron chi connectivity index (χ3n) is 5.07. The highest BCUT2D eigenvalue weighted by atomic mass is 35.5. The van der Waals surface area contributed by atoms with Crippen LogP contribution in [0.5, 0.6) is 5.75 Å². The van der Waals surface area contributed by atoms with E-state index in [-0.39, 0.29) is 0 Å². The molecule has 0 aromatic heterocycles. The molecule has 2 aliphatic carbocycles. The van der Waals surface area contributed by atoms with Crippen LogP contribution in [0.15, 0.2) is 18.2 Å². The van der Waals surface area contributed by atoms with Crippen molar-refractivity contribution in [3.63, 3.8) is 0 Å². The lowest BCUT2D eigenvalue weighted by molar-refractivity contribution is 0.259. The van der Waals surface area contributed by atoms with Crippen LogP contribution in [-0.4, -0.2) is 14.2 Å². The predicted octanol–water partition coefficient (Wildman–Crippen LogP) is 4.05. The van der Waals surface area contributed by atoms with E-state index in [1.165, 1.54) is 31.2 Å². The first-order chi connectivity index (χ1) is 9.22. The topological polar surface area (TPSA) is 21.3 Å². The fourth-order valence-corrected chi connectivity index (χ4v) is 4.39. The highest BCUT2D eigenvalue weighted by Crippen LogP contribution is 2.52. The number of hydrogen-bond donors (Lipinski definition) is 1. The van der Waals surface area contributed by atoms with Gasteiger partial charge in [0.25, 0.3) is 0 Å². The van der Waals surface area contributed by atoms with Crippen molar-refractivity contribution >= 4 is 11.6 Å². The molecule has 19 heavy (non-hydrogen) atoms. The second-order valence-electron chi connectivity index (χ2n) is 6.00. The van der Waals surface area contributed by atoms with Gasteiger partial charge < -0.3 is 10.1 Å². The Kier molecular flexibility index (Phi) is 3.72. The molecule has 3 heteroatoms. The third-order valence-corrected chi connectivity index (χ3v) is 5.38. The van der Waals surface area contributed by atoms with Crippen LogP contribution in [0.4, 0.5) is 0 Å². The van der Waals surface area contributed by atoms with E-state index in [0.717, 1.165) is 23.5 Å². The van der Waals surface area contributed by atoms with Gasteiger partial charge in [0.1, 0.15) is 5.75 Å². The third kappa shape index (κ3) is 2.36. The van der Waals surface area contributed by atoms with Crippen molar-refractivity contribution in [2.45, 2.75) is 31.7 Å². The van der Waals surface area contributed by atoms with E-state index in [1.807, 2.05) is 6.07 Å². The maximum Gasteiger partial charge on any atom is 0.137 e. The predicted molar refractivity (Wildman–Crippen MR) is 78.7 cm³/mol. The standard InChI is InChI=1S/C16H22ClNO/c1-18-16(13-8-10-3-4-11(13)7-10)12-5-6-14(17)15(9-12)19-2/h5-6,9-11,13,16,18H,3-4,7-8H2,1-2H3. The molecule has 104 valence electrons. The van der Waals surface area contributed by atoms with Gasteiger partial charge in [-0.2, -0.15) is 0 Å². The molecule has 0 aliphatic heterocycles. The molecule has 0 radical (unpaired) electrons. The SMILES string of the molecule is CNC(c1ccc(Cl)c(OC)c1)C1CC2CCC1C2. The van der Waals surface area contributed by atoms with Crippen molar-refractivity contribution < 1.29 is 4.74 Å². The highest BCUT2D eigenvalue weighted by molar-refractivity contribution is 6.32. The van der Waals surface area contributed by atoms with Crippen LogP contribution in [0.3, 0.4) is 0 Å². The van der Waals surface area contributed by atoms with Crippen LogP contribution in [-0.2, 0) is 0 Å². The number of rotatable bonds is 4. The van der Waals surface area contributed by atoms with E-state index in [2.05, 4.69) is 24.5 Å². The van der Waals surface area contributed by atoms with E-state index in [1.54, 1.807) is 7.11 Å². The molecule has 2 bridgehead atoms. The van der Waals surface area contributed by atoms with E-state index in [9.17, 15) is 0 Å². The molecule has 0 amide bonds. The van der Waals surface area contributed by atoms with Gasteiger partial charge in [-0.25, -0.2) is 0 Å². The summed E-state index contributed by atoms with van der Waals surface area (Å²) in [5.74, 6) is 3.43. The number of ether oxygens (including phenoxy) is 1. The summed E-state index contributed by atoms with van der Waals surface area (Å²) in [5, 5.41) is 4.21. The quantitative estimate of drug-likeness (QED) is 0.898. The van der Waals surface area contributed by atoms with Gasteiger partial charge in [0.15, 0.2) is 0 Å². The molecule has 4 atom stereocenters. The maximum absolute atomic E-state index is 6.12. The van der Waals surface area contributed by atoms with E-state index in [0.29, 0.717) is 11.1 Å². The Balaban J connectivity index is 1.86. The van der Waals surface area contributed by atoms with Gasteiger partial charge >= 0.3 is 0 Å². The minimum absolute atomic E-state index is 0.432. The summed E-state index contributed by atoms with van der Waals surface area (Å²) in [5.41, 5.74) is 1.31. The molecule has 2 nitrogen and oxygen atoms in total. The molecule has 4 unspecified atom stereocenters. The Bertz CT molecular complexity index is 462. The molecule has 0 saturated heterocycles. The number of fused-ring (bicyclic) bond motifs is 2. The lowest BCUT2D eigenvalue weighted by Gasteiger charge is -2.31. The van der Waals surface area contributed by atoms with Crippen LogP contribution in [0.1, 0.15) is 37.3 Å². The Morgan fingerprint density at radius 2 is 2.16 bits per heavy atom. The zero-order valence-electron chi connectivity index (χ0n) is 11.7. The average molecular weight is 280 g/mol. The van der Waals surface area contributed by atoms with Gasteiger partial charge in [-0.15, -0.1) is 0 Å². The van der Waals surface area contributed by atoms with Crippen LogP contribution >= 0.6 is 11.6 Å². The first-order valence-corrected chi connectivity index (χ1v) is 7.61. The van der Waals surface area contributed by atoms with Gasteiger partial charge in [-0.05, 0) is 61.8 Å². The lowest BCUT2D eigenvalue weighted by Crippen LogP contribution is -2.29. The summed E-state index contributed by atoms with van der Waals surface area (Å²) in [7, 11) is 3.74. The van der Waals surface area contributed by atoms with Crippen molar-refractivity contribution in [1.29, 1.82) is 0 Å². The number of methoxy groups -OCH3 is 1. The Morgan fingerprint density at radius 3 is 2.74 bits per heavy atom. The van der Waals surface area contributed by atoms with Crippen molar-refractivity contribution in [2.75, 3.05) is 14.2 Å². The largest absolute Gasteiger partial charge is 0.495 e. The minimum atomic E-state index is 0.432. The second kappa shape index (κ2) is 5.34. The van der Waals surface area contributed by atoms with Crippen LogP contribution < -0.4 is 10.1 Å². The number of nitrogens with one attached hydrogen (secondary N) is 1. The summed E-state index contributed by atoms with van der Waals surface area (Å²) in [6.45, 7) is 0. The smallest absolute Gasteiger partial charge is 0.137 e. The van der Waals surface area contributed by atoms with Crippen molar-refractivity contribution in [2.24, 2.45) is 17.8 Å². The molecule has 1 N–H and O–H groups in total. The summed E-state index contributed by atoms with van der Waals surface area (Å²) >= 11 is 6.12. The van der Waals surface area contributed by atoms with Gasteiger partial charge in [-0.1, -0.05) is 24.1 Å². The normalized spacial score (nSPS) is 30.6. The molecule has 3 rings (SSSR count). The summed E-state index contributed by atoms with van der Waals surface area (Å²) in [6.07, 6.45) is 5.68. The second-order valence-corrected chi connectivity index (χ2v) is 6.41. The van der Waals surface area contributed by atoms with Crippen molar-refractivity contribution in [3.05, 3.63) is 28.8 Å². The van der Waals surface area contributed by atoms with Crippen LogP contribution in [0, 0.1) is 17.8 Å². The van der Waals surface area contributed by atoms with Gasteiger partial charge in [0.05, 0.1) is 12.1 Å². The Labute approximate surface area is 120 Å². The summed E-state index contributed by atoms with van der Waals surface area (Å²) in [6, 6.07) is 6.61. The molecule has 2 aliphatic rings. The maximum atomic E-state index is 6.12. The average Bonchev–Trinajstić information content (AvgIpc) is 3.04. The lowest BCUT2D eigenvalue weighted by atomic mass is 9.80. The minimum Gasteiger partial charge on any atom is -0.495 e. The molecule has 1 aromatic carbocycles. The van der Waals surface area contributed by atoms with Crippen LogP contribution in [0.25, 0.3) is 0 Å². The molecular weight excluding hydrogens is 258 g/mol. The number of halogens is 1. The van der Waals surface area contributed by atoms with Crippen molar-refractivity contribution in [3.8, 4) is 5.75 Å². The first-order valence-electron chi connectivity index (χ1n) is 7.23. The number of benzene rings is 1. The molecule has 1 aromatic rings. The van der Waals surface area contributed by atoms with E-state index >= 15 is 0 Å². The fraction of sp³-hybridized carbons (Fsp3) is 0.625. The molecule has 0 spiro atoms. The van der Waals surface area contributed by atoms with Gasteiger partial charge in [0, 0.05) is 6.04 Å². The van der Waals surface area contributed by atoms with Gasteiger partial charge in [0.2, 0.25) is 0 Å². The fourth-order valence-electron chi connectivity index (χ4n) is 4.20. The molecule has 2 fully saturated rings. The highest BCUT2D eigenvalue weighted by Gasteiger charge is 2.43. The Hall–Kier alpha value is -0.730. The molecule has 0 heterocycles. The first kappa shape index (κ1) is 13.3. The molecular formula is C16H22ClNO. The zero-order valence-corrected chi connectivity index (χ0v) is 12.4. The van der Waals surface area contributed by atoms with E-state index in [4.69, 9.17) is 16.3 Å². The number of hydrogen-bond acceptors (Lipinski definition) is 2. The van der Waals surface area contributed by atoms with Crippen LogP contribution in [0.2, 0.25) is 5.02 Å². The Morgan fingerprint density at radius 1 is 1.32 bits per heavy atom. The zero-order chi connectivity index (χ0) is 13.4. The molecule has 2 saturated carbocycles. The summed E-state index contributed by atoms with van der Waals surface area (Å²) in [4.78, 5) is 0. The van der Waals surface area contributed by atoms with E-state index < -0.39 is 0 Å². The summed E-state index contributed by atoms with van der Waals surface area (Å²) < 4.78 is 5.35. The van der Waals surface area contributed by atoms with Gasteiger partial charge in [-0.3, -0.25) is 0 Å².